The monoisotopic (exact) mass is 271 g/mol. The highest BCUT2D eigenvalue weighted by molar-refractivity contribution is 5.79. The van der Waals surface area contributed by atoms with E-state index >= 15 is 0 Å². The minimum absolute atomic E-state index is 0.167. The van der Waals surface area contributed by atoms with Gasteiger partial charge in [-0.1, -0.05) is 45.2 Å². The zero-order valence-electron chi connectivity index (χ0n) is 12.7. The molecule has 0 saturated heterocycles. The predicted octanol–water partition coefficient (Wildman–Crippen LogP) is 4.53. The molecule has 0 amide bonds. The highest BCUT2D eigenvalue weighted by Crippen LogP contribution is 2.16. The SMILES string of the molecule is CCCCCc1cc(=O)c2ccccc2n1CCCC. The number of aromatic nitrogens is 1. The van der Waals surface area contributed by atoms with Crippen molar-refractivity contribution in [1.29, 1.82) is 0 Å². The van der Waals surface area contributed by atoms with Gasteiger partial charge >= 0.3 is 0 Å². The van der Waals surface area contributed by atoms with Crippen molar-refractivity contribution < 1.29 is 0 Å². The number of unbranched alkanes of at least 4 members (excludes halogenated alkanes) is 3. The first-order chi connectivity index (χ1) is 9.77. The maximum atomic E-state index is 12.2. The zero-order valence-corrected chi connectivity index (χ0v) is 12.7. The fraction of sp³-hybridized carbons (Fsp3) is 0.500. The molecule has 0 saturated carbocycles. The van der Waals surface area contributed by atoms with Crippen LogP contribution < -0.4 is 5.43 Å². The van der Waals surface area contributed by atoms with E-state index in [4.69, 9.17) is 0 Å². The van der Waals surface area contributed by atoms with Gasteiger partial charge in [-0.3, -0.25) is 4.79 Å². The van der Waals surface area contributed by atoms with Crippen LogP contribution in [0, 0.1) is 0 Å². The Morgan fingerprint density at radius 2 is 1.75 bits per heavy atom. The number of fused-ring (bicyclic) bond motifs is 1. The Kier molecular flexibility index (Phi) is 5.40. The van der Waals surface area contributed by atoms with Gasteiger partial charge in [0.1, 0.15) is 0 Å². The molecule has 0 N–H and O–H groups in total. The summed E-state index contributed by atoms with van der Waals surface area (Å²) in [7, 11) is 0. The van der Waals surface area contributed by atoms with E-state index in [1.807, 2.05) is 24.3 Å². The molecule has 0 aliphatic rings. The molecular weight excluding hydrogens is 246 g/mol. The lowest BCUT2D eigenvalue weighted by molar-refractivity contribution is 0.602. The Hall–Kier alpha value is -1.57. The second-order valence-electron chi connectivity index (χ2n) is 5.48. The van der Waals surface area contributed by atoms with E-state index in [1.165, 1.54) is 31.4 Å². The molecule has 0 atom stereocenters. The number of hydrogen-bond acceptors (Lipinski definition) is 1. The minimum Gasteiger partial charge on any atom is -0.344 e. The number of hydrogen-bond donors (Lipinski definition) is 0. The van der Waals surface area contributed by atoms with Crippen LogP contribution in [0.15, 0.2) is 35.1 Å². The summed E-state index contributed by atoms with van der Waals surface area (Å²) in [4.78, 5) is 12.2. The molecule has 2 aromatic rings. The largest absolute Gasteiger partial charge is 0.344 e. The van der Waals surface area contributed by atoms with Crippen molar-refractivity contribution in [2.45, 2.75) is 58.9 Å². The van der Waals surface area contributed by atoms with Crippen molar-refractivity contribution in [2.75, 3.05) is 0 Å². The molecule has 1 aromatic carbocycles. The molecule has 0 fully saturated rings. The van der Waals surface area contributed by atoms with E-state index < -0.39 is 0 Å². The highest BCUT2D eigenvalue weighted by Gasteiger charge is 2.08. The van der Waals surface area contributed by atoms with Crippen molar-refractivity contribution in [3.8, 4) is 0 Å². The van der Waals surface area contributed by atoms with Crippen LogP contribution >= 0.6 is 0 Å². The third-order valence-corrected chi connectivity index (χ3v) is 3.88. The highest BCUT2D eigenvalue weighted by atomic mass is 16.1. The summed E-state index contributed by atoms with van der Waals surface area (Å²) in [5.41, 5.74) is 2.47. The minimum atomic E-state index is 0.167. The van der Waals surface area contributed by atoms with Crippen LogP contribution in [0.4, 0.5) is 0 Å². The van der Waals surface area contributed by atoms with E-state index in [1.54, 1.807) is 0 Å². The quantitative estimate of drug-likeness (QED) is 0.678. The summed E-state index contributed by atoms with van der Waals surface area (Å²) in [5, 5.41) is 0.850. The standard InChI is InChI=1S/C18H25NO/c1-3-5-7-10-15-14-18(20)16-11-8-9-12-17(16)19(15)13-6-4-2/h8-9,11-12,14H,3-7,10,13H2,1-2H3. The molecule has 20 heavy (non-hydrogen) atoms. The number of nitrogens with zero attached hydrogens (tertiary/aromatic N) is 1. The number of rotatable bonds is 7. The average Bonchev–Trinajstić information content (AvgIpc) is 2.47. The Bertz CT molecular complexity index is 612. The number of benzene rings is 1. The fourth-order valence-corrected chi connectivity index (χ4v) is 2.72. The summed E-state index contributed by atoms with van der Waals surface area (Å²) in [5.74, 6) is 0. The second-order valence-corrected chi connectivity index (χ2v) is 5.48. The fourth-order valence-electron chi connectivity index (χ4n) is 2.72. The Morgan fingerprint density at radius 1 is 1.00 bits per heavy atom. The normalized spacial score (nSPS) is 11.1. The Labute approximate surface area is 121 Å². The first-order valence-electron chi connectivity index (χ1n) is 7.89. The van der Waals surface area contributed by atoms with Gasteiger partial charge in [-0.05, 0) is 31.4 Å². The number of aryl methyl sites for hydroxylation is 2. The molecule has 0 bridgehead atoms. The third kappa shape index (κ3) is 3.30. The van der Waals surface area contributed by atoms with E-state index in [0.717, 1.165) is 30.3 Å². The lowest BCUT2D eigenvalue weighted by Gasteiger charge is -2.16. The van der Waals surface area contributed by atoms with Crippen molar-refractivity contribution in [3.63, 3.8) is 0 Å². The molecule has 108 valence electrons. The summed E-state index contributed by atoms with van der Waals surface area (Å²) >= 11 is 0. The molecule has 2 heteroatoms. The maximum Gasteiger partial charge on any atom is 0.189 e. The zero-order chi connectivity index (χ0) is 14.4. The van der Waals surface area contributed by atoms with Crippen molar-refractivity contribution in [3.05, 3.63) is 46.2 Å². The number of pyridine rings is 1. The van der Waals surface area contributed by atoms with Crippen molar-refractivity contribution >= 4 is 10.9 Å². The van der Waals surface area contributed by atoms with Crippen LogP contribution in [0.2, 0.25) is 0 Å². The molecule has 2 rings (SSSR count). The Morgan fingerprint density at radius 3 is 2.50 bits per heavy atom. The predicted molar refractivity (Wildman–Crippen MR) is 86.3 cm³/mol. The van der Waals surface area contributed by atoms with Gasteiger partial charge < -0.3 is 4.57 Å². The van der Waals surface area contributed by atoms with E-state index in [2.05, 4.69) is 24.5 Å². The number of para-hydroxylation sites is 1. The Balaban J connectivity index is 2.45. The molecule has 1 aromatic heterocycles. The van der Waals surface area contributed by atoms with E-state index in [9.17, 15) is 4.79 Å². The molecular formula is C18H25NO. The average molecular weight is 271 g/mol. The summed E-state index contributed by atoms with van der Waals surface area (Å²) in [6.07, 6.45) is 6.96. The smallest absolute Gasteiger partial charge is 0.189 e. The summed E-state index contributed by atoms with van der Waals surface area (Å²) in [6.45, 7) is 5.44. The molecule has 0 aliphatic carbocycles. The topological polar surface area (TPSA) is 22.0 Å². The third-order valence-electron chi connectivity index (χ3n) is 3.88. The van der Waals surface area contributed by atoms with Gasteiger partial charge in [0.25, 0.3) is 0 Å². The van der Waals surface area contributed by atoms with Gasteiger partial charge in [-0.2, -0.15) is 0 Å². The molecule has 0 aliphatic heterocycles. The molecule has 0 unspecified atom stereocenters. The lowest BCUT2D eigenvalue weighted by atomic mass is 10.1. The molecule has 2 nitrogen and oxygen atoms in total. The second kappa shape index (κ2) is 7.28. The molecule has 0 spiro atoms. The van der Waals surface area contributed by atoms with Gasteiger partial charge in [0.2, 0.25) is 0 Å². The maximum absolute atomic E-state index is 12.2. The van der Waals surface area contributed by atoms with Crippen LogP contribution in [-0.2, 0) is 13.0 Å². The van der Waals surface area contributed by atoms with Crippen LogP contribution in [-0.4, -0.2) is 4.57 Å². The first-order valence-corrected chi connectivity index (χ1v) is 7.89. The van der Waals surface area contributed by atoms with Crippen LogP contribution in [0.3, 0.4) is 0 Å². The molecule has 1 heterocycles. The van der Waals surface area contributed by atoms with Gasteiger partial charge in [0.05, 0.1) is 5.52 Å². The van der Waals surface area contributed by atoms with E-state index in [-0.39, 0.29) is 5.43 Å². The van der Waals surface area contributed by atoms with Gasteiger partial charge in [-0.15, -0.1) is 0 Å². The van der Waals surface area contributed by atoms with Crippen molar-refractivity contribution in [2.24, 2.45) is 0 Å². The van der Waals surface area contributed by atoms with Gasteiger partial charge in [0.15, 0.2) is 5.43 Å². The molecule has 0 radical (unpaired) electrons. The van der Waals surface area contributed by atoms with Gasteiger partial charge in [-0.25, -0.2) is 0 Å². The van der Waals surface area contributed by atoms with E-state index in [0.29, 0.717) is 0 Å². The van der Waals surface area contributed by atoms with Gasteiger partial charge in [0, 0.05) is 23.7 Å². The summed E-state index contributed by atoms with van der Waals surface area (Å²) < 4.78 is 2.36. The summed E-state index contributed by atoms with van der Waals surface area (Å²) in [6, 6.07) is 9.85. The van der Waals surface area contributed by atoms with Crippen molar-refractivity contribution in [1.82, 2.24) is 4.57 Å². The van der Waals surface area contributed by atoms with Crippen LogP contribution in [0.1, 0.15) is 51.6 Å². The van der Waals surface area contributed by atoms with Crippen LogP contribution in [0.5, 0.6) is 0 Å². The van der Waals surface area contributed by atoms with Crippen LogP contribution in [0.25, 0.3) is 10.9 Å². The lowest BCUT2D eigenvalue weighted by Crippen LogP contribution is -2.14. The first kappa shape index (κ1) is 14.8.